The maximum Gasteiger partial charge on any atom is 0.122 e. The van der Waals surface area contributed by atoms with Gasteiger partial charge in [-0.3, -0.25) is 5.41 Å². The quantitative estimate of drug-likeness (QED) is 0.462. The van der Waals surface area contributed by atoms with Gasteiger partial charge in [0.1, 0.15) is 11.6 Å². The predicted octanol–water partition coefficient (Wildman–Crippen LogP) is 2.57. The second kappa shape index (κ2) is 7.12. The Morgan fingerprint density at radius 1 is 1.47 bits per heavy atom. The van der Waals surface area contributed by atoms with Crippen LogP contribution in [0, 0.1) is 5.41 Å². The normalized spacial score (nSPS) is 9.13. The Labute approximate surface area is 96.5 Å². The zero-order valence-corrected chi connectivity index (χ0v) is 9.64. The van der Waals surface area contributed by atoms with Gasteiger partial charge in [0.25, 0.3) is 0 Å². The zero-order valence-electron chi connectivity index (χ0n) is 8.82. The van der Waals surface area contributed by atoms with Gasteiger partial charge < -0.3 is 10.5 Å². The molecule has 0 spiro atoms. The molecule has 3 nitrogen and oxygen atoms in total. The van der Waals surface area contributed by atoms with Crippen molar-refractivity contribution in [2.24, 2.45) is 5.73 Å². The van der Waals surface area contributed by atoms with Crippen molar-refractivity contribution in [1.82, 2.24) is 0 Å². The summed E-state index contributed by atoms with van der Waals surface area (Å²) in [5.41, 5.74) is 6.07. The number of ether oxygens (including phenoxy) is 1. The predicted molar refractivity (Wildman–Crippen MR) is 65.1 cm³/mol. The molecule has 4 heteroatoms. The first-order chi connectivity index (χ1) is 6.74. The van der Waals surface area contributed by atoms with Crippen LogP contribution in [-0.2, 0) is 0 Å². The highest BCUT2D eigenvalue weighted by Crippen LogP contribution is 2.13. The SMILES string of the molecule is CCCCOc1cccc(C(=N)N)c1.Cl. The van der Waals surface area contributed by atoms with Crippen LogP contribution in [-0.4, -0.2) is 12.4 Å². The lowest BCUT2D eigenvalue weighted by Crippen LogP contribution is -2.11. The van der Waals surface area contributed by atoms with Gasteiger partial charge in [-0.15, -0.1) is 12.4 Å². The minimum atomic E-state index is 0. The molecule has 0 radical (unpaired) electrons. The van der Waals surface area contributed by atoms with E-state index in [9.17, 15) is 0 Å². The number of nitrogens with two attached hydrogens (primary N) is 1. The van der Waals surface area contributed by atoms with E-state index >= 15 is 0 Å². The summed E-state index contributed by atoms with van der Waals surface area (Å²) < 4.78 is 5.48. The molecule has 1 rings (SSSR count). The Morgan fingerprint density at radius 2 is 2.20 bits per heavy atom. The maximum absolute atomic E-state index is 7.27. The Kier molecular flexibility index (Phi) is 6.54. The van der Waals surface area contributed by atoms with Crippen LogP contribution in [0.3, 0.4) is 0 Å². The lowest BCUT2D eigenvalue weighted by atomic mass is 10.2. The number of unbranched alkanes of at least 4 members (excludes halogenated alkanes) is 1. The molecular formula is C11H17ClN2O. The number of rotatable bonds is 5. The summed E-state index contributed by atoms with van der Waals surface area (Å²) in [5, 5.41) is 7.27. The number of nitrogen functional groups attached to an aromatic ring is 1. The summed E-state index contributed by atoms with van der Waals surface area (Å²) in [5.74, 6) is 0.858. The van der Waals surface area contributed by atoms with Crippen LogP contribution < -0.4 is 10.5 Å². The zero-order chi connectivity index (χ0) is 10.4. The van der Waals surface area contributed by atoms with Crippen LogP contribution >= 0.6 is 12.4 Å². The lowest BCUT2D eigenvalue weighted by Gasteiger charge is -2.06. The van der Waals surface area contributed by atoms with Crippen LogP contribution in [0.1, 0.15) is 25.3 Å². The Hall–Kier alpha value is -1.22. The molecule has 0 aliphatic heterocycles. The van der Waals surface area contributed by atoms with Crippen LogP contribution in [0.15, 0.2) is 24.3 Å². The standard InChI is InChI=1S/C11H16N2O.ClH/c1-2-3-7-14-10-6-4-5-9(8-10)11(12)13;/h4-6,8H,2-3,7H2,1H3,(H3,12,13);1H. The van der Waals surface area contributed by atoms with Gasteiger partial charge in [-0.25, -0.2) is 0 Å². The smallest absolute Gasteiger partial charge is 0.122 e. The van der Waals surface area contributed by atoms with Crippen molar-refractivity contribution in [2.75, 3.05) is 6.61 Å². The maximum atomic E-state index is 7.27. The number of halogens is 1. The summed E-state index contributed by atoms with van der Waals surface area (Å²) in [6.07, 6.45) is 2.16. The molecule has 0 saturated heterocycles. The van der Waals surface area contributed by atoms with Gasteiger partial charge in [0.05, 0.1) is 6.61 Å². The van der Waals surface area contributed by atoms with Gasteiger partial charge in [-0.1, -0.05) is 25.5 Å². The van der Waals surface area contributed by atoms with E-state index in [0.29, 0.717) is 5.56 Å². The topological polar surface area (TPSA) is 59.1 Å². The summed E-state index contributed by atoms with van der Waals surface area (Å²) >= 11 is 0. The van der Waals surface area contributed by atoms with Crippen LogP contribution in [0.5, 0.6) is 5.75 Å². The van der Waals surface area contributed by atoms with Crippen LogP contribution in [0.25, 0.3) is 0 Å². The highest BCUT2D eigenvalue weighted by molar-refractivity contribution is 5.95. The number of hydrogen-bond donors (Lipinski definition) is 2. The average Bonchev–Trinajstić information content (AvgIpc) is 2.19. The fourth-order valence-corrected chi connectivity index (χ4v) is 1.09. The van der Waals surface area contributed by atoms with Crippen LogP contribution in [0.2, 0.25) is 0 Å². The third-order valence-corrected chi connectivity index (χ3v) is 1.91. The fourth-order valence-electron chi connectivity index (χ4n) is 1.09. The molecule has 15 heavy (non-hydrogen) atoms. The number of nitrogens with one attached hydrogen (secondary N) is 1. The molecule has 0 aliphatic rings. The van der Waals surface area contributed by atoms with Gasteiger partial charge >= 0.3 is 0 Å². The molecule has 0 amide bonds. The van der Waals surface area contributed by atoms with Crippen molar-refractivity contribution in [3.8, 4) is 5.75 Å². The molecule has 0 heterocycles. The van der Waals surface area contributed by atoms with Crippen molar-refractivity contribution in [2.45, 2.75) is 19.8 Å². The molecule has 84 valence electrons. The third-order valence-electron chi connectivity index (χ3n) is 1.91. The third kappa shape index (κ3) is 4.70. The van der Waals surface area contributed by atoms with E-state index in [-0.39, 0.29) is 18.2 Å². The van der Waals surface area contributed by atoms with Gasteiger partial charge in [-0.05, 0) is 18.6 Å². The van der Waals surface area contributed by atoms with Crippen molar-refractivity contribution in [3.63, 3.8) is 0 Å². The fraction of sp³-hybridized carbons (Fsp3) is 0.364. The number of benzene rings is 1. The second-order valence-corrected chi connectivity index (χ2v) is 3.14. The molecule has 0 aliphatic carbocycles. The molecule has 3 N–H and O–H groups in total. The van der Waals surface area contributed by atoms with Crippen molar-refractivity contribution < 1.29 is 4.74 Å². The number of hydrogen-bond acceptors (Lipinski definition) is 2. The molecular weight excluding hydrogens is 212 g/mol. The lowest BCUT2D eigenvalue weighted by molar-refractivity contribution is 0.309. The van der Waals surface area contributed by atoms with Gasteiger partial charge in [0.2, 0.25) is 0 Å². The first-order valence-electron chi connectivity index (χ1n) is 4.81. The summed E-state index contributed by atoms with van der Waals surface area (Å²) in [7, 11) is 0. The van der Waals surface area contributed by atoms with E-state index in [4.69, 9.17) is 15.9 Å². The molecule has 0 bridgehead atoms. The molecule has 0 fully saturated rings. The van der Waals surface area contributed by atoms with Crippen molar-refractivity contribution in [3.05, 3.63) is 29.8 Å². The Bertz CT molecular complexity index is 315. The van der Waals surface area contributed by atoms with E-state index in [1.165, 1.54) is 0 Å². The largest absolute Gasteiger partial charge is 0.494 e. The van der Waals surface area contributed by atoms with E-state index in [1.54, 1.807) is 12.1 Å². The second-order valence-electron chi connectivity index (χ2n) is 3.14. The molecule has 0 unspecified atom stereocenters. The van der Waals surface area contributed by atoms with Crippen LogP contribution in [0.4, 0.5) is 0 Å². The van der Waals surface area contributed by atoms with E-state index in [2.05, 4.69) is 6.92 Å². The van der Waals surface area contributed by atoms with E-state index in [1.807, 2.05) is 12.1 Å². The highest BCUT2D eigenvalue weighted by atomic mass is 35.5. The Morgan fingerprint density at radius 3 is 2.80 bits per heavy atom. The molecule has 0 atom stereocenters. The van der Waals surface area contributed by atoms with E-state index in [0.717, 1.165) is 25.2 Å². The molecule has 1 aromatic carbocycles. The Balaban J connectivity index is 0.00000196. The molecule has 0 saturated carbocycles. The van der Waals surface area contributed by atoms with Gasteiger partial charge in [0, 0.05) is 5.56 Å². The molecule has 1 aromatic rings. The van der Waals surface area contributed by atoms with E-state index < -0.39 is 0 Å². The molecule has 0 aromatic heterocycles. The first kappa shape index (κ1) is 13.8. The van der Waals surface area contributed by atoms with Gasteiger partial charge in [-0.2, -0.15) is 0 Å². The highest BCUT2D eigenvalue weighted by Gasteiger charge is 1.98. The van der Waals surface area contributed by atoms with Crippen molar-refractivity contribution >= 4 is 18.2 Å². The van der Waals surface area contributed by atoms with Gasteiger partial charge in [0.15, 0.2) is 0 Å². The average molecular weight is 229 g/mol. The van der Waals surface area contributed by atoms with Crippen molar-refractivity contribution in [1.29, 1.82) is 5.41 Å². The minimum Gasteiger partial charge on any atom is -0.494 e. The summed E-state index contributed by atoms with van der Waals surface area (Å²) in [6.45, 7) is 2.84. The summed E-state index contributed by atoms with van der Waals surface area (Å²) in [6, 6.07) is 7.31. The summed E-state index contributed by atoms with van der Waals surface area (Å²) in [4.78, 5) is 0. The monoisotopic (exact) mass is 228 g/mol. The first-order valence-corrected chi connectivity index (χ1v) is 4.81. The minimum absolute atomic E-state index is 0. The number of amidine groups is 1.